The summed E-state index contributed by atoms with van der Waals surface area (Å²) in [6.07, 6.45) is 3.07. The number of amides is 1. The van der Waals surface area contributed by atoms with Crippen molar-refractivity contribution in [3.63, 3.8) is 0 Å². The summed E-state index contributed by atoms with van der Waals surface area (Å²) in [4.78, 5) is 19.1. The number of nitrogens with one attached hydrogen (secondary N) is 1. The topological polar surface area (TPSA) is 105 Å². The molecule has 204 valence electrons. The van der Waals surface area contributed by atoms with Gasteiger partial charge in [0, 0.05) is 51.2 Å². The molecule has 8 heteroatoms. The van der Waals surface area contributed by atoms with Crippen LogP contribution in [0.5, 0.6) is 5.88 Å². The first-order valence-electron chi connectivity index (χ1n) is 12.9. The highest BCUT2D eigenvalue weighted by Crippen LogP contribution is 2.23. The molecule has 0 aliphatic rings. The summed E-state index contributed by atoms with van der Waals surface area (Å²) >= 11 is 0. The Morgan fingerprint density at radius 3 is 2.11 bits per heavy atom. The summed E-state index contributed by atoms with van der Waals surface area (Å²) in [6, 6.07) is 11.6. The van der Waals surface area contributed by atoms with Gasteiger partial charge in [-0.05, 0) is 25.3 Å². The van der Waals surface area contributed by atoms with Crippen molar-refractivity contribution in [1.29, 1.82) is 5.41 Å². The second-order valence-electron chi connectivity index (χ2n) is 7.49. The van der Waals surface area contributed by atoms with E-state index in [2.05, 4.69) is 23.7 Å². The van der Waals surface area contributed by atoms with Crippen LogP contribution in [0.25, 0.3) is 0 Å². The number of carbonyl (C=O) groups is 1. The van der Waals surface area contributed by atoms with Crippen molar-refractivity contribution in [3.8, 4) is 5.88 Å². The molecule has 0 saturated heterocycles. The van der Waals surface area contributed by atoms with Gasteiger partial charge in [0.15, 0.2) is 0 Å². The van der Waals surface area contributed by atoms with Gasteiger partial charge in [0.05, 0.1) is 0 Å². The zero-order valence-corrected chi connectivity index (χ0v) is 23.9. The number of rotatable bonds is 10. The summed E-state index contributed by atoms with van der Waals surface area (Å²) < 4.78 is 10.6. The molecule has 2 aromatic rings. The van der Waals surface area contributed by atoms with Gasteiger partial charge in [-0.3, -0.25) is 0 Å². The third-order valence-electron chi connectivity index (χ3n) is 4.29. The summed E-state index contributed by atoms with van der Waals surface area (Å²) in [5.74, 6) is 0.859. The van der Waals surface area contributed by atoms with Gasteiger partial charge >= 0.3 is 6.09 Å². The molecule has 0 unspecified atom stereocenters. The zero-order valence-electron chi connectivity index (χ0n) is 23.9. The molecular weight excluding hydrogens is 454 g/mol. The number of nitrogens with two attached hydrogens (primary N) is 1. The molecule has 0 aliphatic carbocycles. The molecule has 0 bridgehead atoms. The first-order valence-corrected chi connectivity index (χ1v) is 12.9. The molecule has 1 amide bonds. The highest BCUT2D eigenvalue weighted by molar-refractivity contribution is 5.77. The molecule has 0 spiro atoms. The van der Waals surface area contributed by atoms with Crippen molar-refractivity contribution in [2.45, 2.75) is 61.3 Å². The van der Waals surface area contributed by atoms with E-state index in [1.54, 1.807) is 14.1 Å². The van der Waals surface area contributed by atoms with Crippen LogP contribution in [-0.4, -0.2) is 62.6 Å². The van der Waals surface area contributed by atoms with E-state index in [4.69, 9.17) is 20.6 Å². The number of nitrogen functional groups attached to an aromatic ring is 1. The van der Waals surface area contributed by atoms with Crippen LogP contribution in [0, 0.1) is 12.3 Å². The highest BCUT2D eigenvalue weighted by Gasteiger charge is 2.09. The average molecular weight is 504 g/mol. The predicted octanol–water partition coefficient (Wildman–Crippen LogP) is 6.41. The Kier molecular flexibility index (Phi) is 21.5. The van der Waals surface area contributed by atoms with E-state index in [1.165, 1.54) is 16.7 Å². The van der Waals surface area contributed by atoms with Gasteiger partial charge < -0.3 is 30.4 Å². The Morgan fingerprint density at radius 1 is 1.03 bits per heavy atom. The summed E-state index contributed by atoms with van der Waals surface area (Å²) in [6.45, 7) is 16.6. The van der Waals surface area contributed by atoms with Crippen molar-refractivity contribution >= 4 is 23.8 Å². The average Bonchev–Trinajstić information content (AvgIpc) is 2.88. The molecule has 0 aliphatic heterocycles. The standard InChI is InChI=1S/C16H28N4O3.C8H9N.2C2H6/c1-5-7-20(8-6-2)13-11-14(17)18-15(12-13)22-9-10-23-16(21)19(3)4;1-7-3-2-4-8(5-7)6-9;2*1-2/h11-12H,5-10H2,1-4H3,(H2,17,18);2-6,9H,1H3;2*1-2H3. The number of aryl methyl sites for hydroxylation is 1. The molecule has 1 heterocycles. The van der Waals surface area contributed by atoms with Crippen molar-refractivity contribution in [2.75, 3.05) is 51.0 Å². The van der Waals surface area contributed by atoms with Gasteiger partial charge in [-0.1, -0.05) is 71.4 Å². The third-order valence-corrected chi connectivity index (χ3v) is 4.29. The SMILES string of the molecule is CC.CC.CCCN(CCC)c1cc(N)nc(OCCOC(=O)N(C)C)c1.Cc1cccc(C=N)c1. The fraction of sp³-hybridized carbons (Fsp3) is 0.536. The molecule has 3 N–H and O–H groups in total. The quantitative estimate of drug-likeness (QED) is 0.287. The van der Waals surface area contributed by atoms with Crippen LogP contribution in [0.2, 0.25) is 0 Å². The maximum atomic E-state index is 11.3. The van der Waals surface area contributed by atoms with E-state index in [0.717, 1.165) is 37.2 Å². The number of pyridine rings is 1. The lowest BCUT2D eigenvalue weighted by Gasteiger charge is -2.24. The van der Waals surface area contributed by atoms with Crippen LogP contribution in [0.1, 0.15) is 65.5 Å². The fourth-order valence-corrected chi connectivity index (χ4v) is 2.84. The predicted molar refractivity (Wildman–Crippen MR) is 154 cm³/mol. The molecular formula is C28H49N5O3. The third kappa shape index (κ3) is 15.6. The summed E-state index contributed by atoms with van der Waals surface area (Å²) in [7, 11) is 3.26. The maximum absolute atomic E-state index is 11.3. The van der Waals surface area contributed by atoms with E-state index < -0.39 is 6.09 Å². The van der Waals surface area contributed by atoms with E-state index in [9.17, 15) is 4.79 Å². The Balaban J connectivity index is 0. The van der Waals surface area contributed by atoms with Crippen LogP contribution >= 0.6 is 0 Å². The number of anilines is 2. The van der Waals surface area contributed by atoms with Crippen molar-refractivity contribution < 1.29 is 14.3 Å². The number of carbonyl (C=O) groups excluding carboxylic acids is 1. The van der Waals surface area contributed by atoms with Crippen molar-refractivity contribution in [1.82, 2.24) is 9.88 Å². The lowest BCUT2D eigenvalue weighted by Crippen LogP contribution is -2.25. The molecule has 8 nitrogen and oxygen atoms in total. The molecule has 0 saturated carbocycles. The maximum Gasteiger partial charge on any atom is 0.409 e. The van der Waals surface area contributed by atoms with Crippen LogP contribution in [0.15, 0.2) is 36.4 Å². The monoisotopic (exact) mass is 503 g/mol. The first kappa shape index (κ1) is 34.9. The molecule has 36 heavy (non-hydrogen) atoms. The largest absolute Gasteiger partial charge is 0.474 e. The van der Waals surface area contributed by atoms with Crippen LogP contribution in [0.3, 0.4) is 0 Å². The smallest absolute Gasteiger partial charge is 0.409 e. The number of aromatic nitrogens is 1. The Labute approximate surface area is 219 Å². The van der Waals surface area contributed by atoms with E-state index in [-0.39, 0.29) is 13.2 Å². The van der Waals surface area contributed by atoms with Crippen molar-refractivity contribution in [3.05, 3.63) is 47.5 Å². The molecule has 0 atom stereocenters. The summed E-state index contributed by atoms with van der Waals surface area (Å²) in [5.41, 5.74) is 9.05. The second kappa shape index (κ2) is 22.2. The number of nitrogens with zero attached hydrogens (tertiary/aromatic N) is 3. The van der Waals surface area contributed by atoms with Crippen molar-refractivity contribution in [2.24, 2.45) is 0 Å². The van der Waals surface area contributed by atoms with E-state index in [0.29, 0.717) is 11.7 Å². The molecule has 0 fully saturated rings. The number of hydrogen-bond donors (Lipinski definition) is 2. The molecule has 0 radical (unpaired) electrons. The lowest BCUT2D eigenvalue weighted by atomic mass is 10.2. The van der Waals surface area contributed by atoms with Gasteiger partial charge in [0.25, 0.3) is 0 Å². The Morgan fingerprint density at radius 2 is 1.64 bits per heavy atom. The number of benzene rings is 1. The molecule has 1 aromatic carbocycles. The second-order valence-corrected chi connectivity index (χ2v) is 7.49. The fourth-order valence-electron chi connectivity index (χ4n) is 2.84. The Hall–Kier alpha value is -3.29. The van der Waals surface area contributed by atoms with Gasteiger partial charge in [-0.25, -0.2) is 4.79 Å². The minimum Gasteiger partial charge on any atom is -0.474 e. The normalized spacial score (nSPS) is 9.14. The van der Waals surface area contributed by atoms with Gasteiger partial charge in [0.1, 0.15) is 19.0 Å². The molecule has 2 rings (SSSR count). The van der Waals surface area contributed by atoms with E-state index in [1.807, 2.05) is 71.0 Å². The van der Waals surface area contributed by atoms with Crippen LogP contribution < -0.4 is 15.4 Å². The van der Waals surface area contributed by atoms with Gasteiger partial charge in [-0.2, -0.15) is 4.98 Å². The lowest BCUT2D eigenvalue weighted by molar-refractivity contribution is 0.101. The van der Waals surface area contributed by atoms with Gasteiger partial charge in [-0.15, -0.1) is 0 Å². The Bertz CT molecular complexity index is 838. The minimum absolute atomic E-state index is 0.163. The van der Waals surface area contributed by atoms with E-state index >= 15 is 0 Å². The minimum atomic E-state index is -0.396. The first-order chi connectivity index (χ1) is 17.3. The van der Waals surface area contributed by atoms with Crippen LogP contribution in [0.4, 0.5) is 16.3 Å². The highest BCUT2D eigenvalue weighted by atomic mass is 16.6. The van der Waals surface area contributed by atoms with Gasteiger partial charge in [0.2, 0.25) is 5.88 Å². The number of ether oxygens (including phenoxy) is 2. The number of hydrogen-bond acceptors (Lipinski definition) is 7. The zero-order chi connectivity index (χ0) is 27.9. The van der Waals surface area contributed by atoms with Crippen LogP contribution in [-0.2, 0) is 4.74 Å². The summed E-state index contributed by atoms with van der Waals surface area (Å²) in [5, 5.41) is 6.92. The molecule has 1 aromatic heterocycles.